The Balaban J connectivity index is 3.14. The molecule has 0 spiro atoms. The van der Waals surface area contributed by atoms with Crippen LogP contribution in [0.1, 0.15) is 56.4 Å². The monoisotopic (exact) mass is 195 g/mol. The van der Waals surface area contributed by atoms with E-state index in [1.165, 1.54) is 0 Å². The van der Waals surface area contributed by atoms with E-state index in [4.69, 9.17) is 0 Å². The maximum atomic E-state index is 12.6. The number of hydrogen-bond acceptors (Lipinski definition) is 1. The van der Waals surface area contributed by atoms with Crippen LogP contribution in [0.15, 0.2) is 12.3 Å². The zero-order valence-corrected chi connectivity index (χ0v) is 9.34. The van der Waals surface area contributed by atoms with Crippen molar-refractivity contribution in [2.45, 2.75) is 46.2 Å². The predicted octanol–water partition coefficient (Wildman–Crippen LogP) is 3.80. The van der Waals surface area contributed by atoms with Crippen LogP contribution < -0.4 is 0 Å². The van der Waals surface area contributed by atoms with E-state index in [1.807, 2.05) is 6.07 Å². The summed E-state index contributed by atoms with van der Waals surface area (Å²) in [7, 11) is 0. The van der Waals surface area contributed by atoms with E-state index in [0.717, 1.165) is 16.8 Å². The molecule has 0 fully saturated rings. The molecule has 0 saturated heterocycles. The number of aromatic nitrogens is 1. The standard InChI is InChI=1S/C12H18FN/c1-8(2)11-5-12(9(3)4)14-7-10(11)6-13/h5,7-9H,6H2,1-4H3. The maximum absolute atomic E-state index is 12.6. The average Bonchev–Trinajstić information content (AvgIpc) is 2.16. The number of nitrogens with zero attached hydrogens (tertiary/aromatic N) is 1. The minimum atomic E-state index is -0.418. The molecule has 1 aromatic rings. The van der Waals surface area contributed by atoms with E-state index >= 15 is 0 Å². The highest BCUT2D eigenvalue weighted by atomic mass is 19.1. The normalized spacial score (nSPS) is 11.4. The molecule has 1 nitrogen and oxygen atoms in total. The summed E-state index contributed by atoms with van der Waals surface area (Å²) in [6, 6.07) is 2.03. The van der Waals surface area contributed by atoms with Crippen LogP contribution in [-0.4, -0.2) is 4.98 Å². The molecular weight excluding hydrogens is 177 g/mol. The number of pyridine rings is 1. The van der Waals surface area contributed by atoms with Gasteiger partial charge in [-0.2, -0.15) is 0 Å². The van der Waals surface area contributed by atoms with Crippen LogP contribution in [0.2, 0.25) is 0 Å². The lowest BCUT2D eigenvalue weighted by atomic mass is 9.96. The molecule has 0 radical (unpaired) electrons. The van der Waals surface area contributed by atoms with Crippen LogP contribution in [0.4, 0.5) is 4.39 Å². The van der Waals surface area contributed by atoms with Gasteiger partial charge in [0.2, 0.25) is 0 Å². The van der Waals surface area contributed by atoms with Gasteiger partial charge < -0.3 is 0 Å². The van der Waals surface area contributed by atoms with Crippen molar-refractivity contribution in [3.63, 3.8) is 0 Å². The van der Waals surface area contributed by atoms with Gasteiger partial charge in [0.1, 0.15) is 6.67 Å². The van der Waals surface area contributed by atoms with Crippen LogP contribution in [0, 0.1) is 0 Å². The Morgan fingerprint density at radius 3 is 2.29 bits per heavy atom. The molecule has 14 heavy (non-hydrogen) atoms. The molecule has 78 valence electrons. The Morgan fingerprint density at radius 2 is 1.86 bits per heavy atom. The second-order valence-corrected chi connectivity index (χ2v) is 4.25. The van der Waals surface area contributed by atoms with Crippen molar-refractivity contribution in [3.05, 3.63) is 29.1 Å². The molecule has 0 atom stereocenters. The Bertz CT molecular complexity index is 305. The first-order valence-electron chi connectivity index (χ1n) is 5.11. The summed E-state index contributed by atoms with van der Waals surface area (Å²) in [5.41, 5.74) is 2.86. The summed E-state index contributed by atoms with van der Waals surface area (Å²) in [5, 5.41) is 0. The molecule has 0 saturated carbocycles. The van der Waals surface area contributed by atoms with Crippen molar-refractivity contribution in [2.75, 3.05) is 0 Å². The third-order valence-corrected chi connectivity index (χ3v) is 2.40. The van der Waals surface area contributed by atoms with Crippen LogP contribution in [0.5, 0.6) is 0 Å². The Hall–Kier alpha value is -0.920. The molecule has 0 aromatic carbocycles. The quantitative estimate of drug-likeness (QED) is 0.715. The predicted molar refractivity (Wildman–Crippen MR) is 57.2 cm³/mol. The minimum absolute atomic E-state index is 0.362. The van der Waals surface area contributed by atoms with Gasteiger partial charge in [-0.1, -0.05) is 27.7 Å². The van der Waals surface area contributed by atoms with Gasteiger partial charge in [0, 0.05) is 17.5 Å². The highest BCUT2D eigenvalue weighted by Crippen LogP contribution is 2.23. The van der Waals surface area contributed by atoms with Gasteiger partial charge >= 0.3 is 0 Å². The molecule has 1 heterocycles. The molecule has 0 aliphatic heterocycles. The van der Waals surface area contributed by atoms with Gasteiger partial charge in [0.05, 0.1) is 0 Å². The van der Waals surface area contributed by atoms with Crippen LogP contribution in [0.25, 0.3) is 0 Å². The van der Waals surface area contributed by atoms with Crippen LogP contribution >= 0.6 is 0 Å². The third kappa shape index (κ3) is 2.31. The van der Waals surface area contributed by atoms with Gasteiger partial charge in [-0.05, 0) is 23.5 Å². The van der Waals surface area contributed by atoms with Crippen molar-refractivity contribution < 1.29 is 4.39 Å². The Labute approximate surface area is 85.4 Å². The summed E-state index contributed by atoms with van der Waals surface area (Å²) < 4.78 is 12.6. The van der Waals surface area contributed by atoms with Crippen LogP contribution in [-0.2, 0) is 6.67 Å². The highest BCUT2D eigenvalue weighted by molar-refractivity contribution is 5.30. The number of hydrogen-bond donors (Lipinski definition) is 0. The summed E-state index contributed by atoms with van der Waals surface area (Å²) in [6.45, 7) is 7.94. The van der Waals surface area contributed by atoms with Crippen molar-refractivity contribution in [2.24, 2.45) is 0 Å². The van der Waals surface area contributed by atoms with E-state index in [9.17, 15) is 4.39 Å². The molecule has 0 aliphatic rings. The molecular formula is C12H18FN. The second-order valence-electron chi connectivity index (χ2n) is 4.25. The molecule has 0 unspecified atom stereocenters. The Kier molecular flexibility index (Phi) is 3.62. The van der Waals surface area contributed by atoms with E-state index in [-0.39, 0.29) is 0 Å². The van der Waals surface area contributed by atoms with Crippen LogP contribution in [0.3, 0.4) is 0 Å². The zero-order valence-electron chi connectivity index (χ0n) is 9.34. The van der Waals surface area contributed by atoms with E-state index < -0.39 is 6.67 Å². The average molecular weight is 195 g/mol. The van der Waals surface area contributed by atoms with Crippen molar-refractivity contribution in [1.82, 2.24) is 4.98 Å². The van der Waals surface area contributed by atoms with Crippen molar-refractivity contribution >= 4 is 0 Å². The van der Waals surface area contributed by atoms with Gasteiger partial charge in [0.15, 0.2) is 0 Å². The summed E-state index contributed by atoms with van der Waals surface area (Å²) >= 11 is 0. The summed E-state index contributed by atoms with van der Waals surface area (Å²) in [4.78, 5) is 4.25. The lowest BCUT2D eigenvalue weighted by Gasteiger charge is -2.13. The zero-order chi connectivity index (χ0) is 10.7. The number of rotatable bonds is 3. The van der Waals surface area contributed by atoms with Gasteiger partial charge in [-0.3, -0.25) is 4.98 Å². The first kappa shape index (κ1) is 11.2. The minimum Gasteiger partial charge on any atom is -0.261 e. The molecule has 1 rings (SSSR count). The molecule has 0 amide bonds. The van der Waals surface area contributed by atoms with Gasteiger partial charge in [-0.15, -0.1) is 0 Å². The number of halogens is 1. The highest BCUT2D eigenvalue weighted by Gasteiger charge is 2.10. The van der Waals surface area contributed by atoms with Crippen molar-refractivity contribution in [1.29, 1.82) is 0 Å². The lowest BCUT2D eigenvalue weighted by molar-refractivity contribution is 0.479. The van der Waals surface area contributed by atoms with Crippen molar-refractivity contribution in [3.8, 4) is 0 Å². The third-order valence-electron chi connectivity index (χ3n) is 2.40. The Morgan fingerprint density at radius 1 is 1.21 bits per heavy atom. The first-order valence-corrected chi connectivity index (χ1v) is 5.11. The fourth-order valence-corrected chi connectivity index (χ4v) is 1.48. The smallest absolute Gasteiger partial charge is 0.116 e. The molecule has 2 heteroatoms. The van der Waals surface area contributed by atoms with E-state index in [2.05, 4.69) is 32.7 Å². The first-order chi connectivity index (χ1) is 6.56. The topological polar surface area (TPSA) is 12.9 Å². The van der Waals surface area contributed by atoms with Gasteiger partial charge in [0.25, 0.3) is 0 Å². The SMILES string of the molecule is CC(C)c1cc(C(C)C)c(CF)cn1. The molecule has 1 aromatic heterocycles. The van der Waals surface area contributed by atoms with Gasteiger partial charge in [-0.25, -0.2) is 4.39 Å². The number of alkyl halides is 1. The summed E-state index contributed by atoms with van der Waals surface area (Å²) in [6.07, 6.45) is 1.67. The fraction of sp³-hybridized carbons (Fsp3) is 0.583. The van der Waals surface area contributed by atoms with E-state index in [1.54, 1.807) is 6.20 Å². The lowest BCUT2D eigenvalue weighted by Crippen LogP contribution is -2.01. The fourth-order valence-electron chi connectivity index (χ4n) is 1.48. The van der Waals surface area contributed by atoms with E-state index in [0.29, 0.717) is 11.8 Å². The maximum Gasteiger partial charge on any atom is 0.116 e. The second kappa shape index (κ2) is 4.54. The summed E-state index contributed by atoms with van der Waals surface area (Å²) in [5.74, 6) is 0.766. The molecule has 0 aliphatic carbocycles. The molecule has 0 N–H and O–H groups in total. The largest absolute Gasteiger partial charge is 0.261 e. The molecule has 0 bridgehead atoms.